The van der Waals surface area contributed by atoms with Gasteiger partial charge in [0.05, 0.1) is 1.37 Å². The van der Waals surface area contributed by atoms with Gasteiger partial charge in [-0.15, -0.1) is 0 Å². The van der Waals surface area contributed by atoms with Gasteiger partial charge in [-0.3, -0.25) is 24.5 Å². The number of fused-ring (bicyclic) bond motifs is 1. The first-order chi connectivity index (χ1) is 16.0. The van der Waals surface area contributed by atoms with Crippen LogP contribution in [0.2, 0.25) is 6.43 Å². The normalized spacial score (nSPS) is 19.3. The zero-order chi connectivity index (χ0) is 24.8. The maximum Gasteiger partial charge on any atom is 0.349 e. The Morgan fingerprint density at radius 2 is 2.00 bits per heavy atom. The van der Waals surface area contributed by atoms with Crippen LogP contribution in [0.25, 0.3) is 0 Å². The molecule has 4 rings (SSSR count). The van der Waals surface area contributed by atoms with Gasteiger partial charge in [0, 0.05) is 35.7 Å². The van der Waals surface area contributed by atoms with Crippen molar-refractivity contribution in [2.24, 2.45) is 0 Å². The molecule has 2 aliphatic rings. The summed E-state index contributed by atoms with van der Waals surface area (Å²) in [5, 5.41) is 2.50. The first-order valence-corrected chi connectivity index (χ1v) is 10.1. The summed E-state index contributed by atoms with van der Waals surface area (Å²) in [6, 6.07) is 6.02. The summed E-state index contributed by atoms with van der Waals surface area (Å²) in [5.41, 5.74) is 0.0296. The smallest absolute Gasteiger partial charge is 0.346 e. The minimum absolute atomic E-state index is 0.0208. The highest BCUT2D eigenvalue weighted by Gasteiger charge is 2.41. The summed E-state index contributed by atoms with van der Waals surface area (Å²) >= 11 is 5.70. The van der Waals surface area contributed by atoms with Gasteiger partial charge in [0.2, 0.25) is 11.8 Å². The van der Waals surface area contributed by atoms with E-state index in [-0.39, 0.29) is 46.9 Å². The fourth-order valence-corrected chi connectivity index (χ4v) is 3.81. The summed E-state index contributed by atoms with van der Waals surface area (Å²) in [6.07, 6.45) is 0.229. The van der Waals surface area contributed by atoms with Crippen LogP contribution in [0, 0.1) is 0 Å². The number of hydrogen-bond acceptors (Lipinski definition) is 4. The molecule has 1 atom stereocenters. The number of halogens is 3. The van der Waals surface area contributed by atoms with E-state index in [1.54, 1.807) is 0 Å². The van der Waals surface area contributed by atoms with Gasteiger partial charge in [0.1, 0.15) is 6.04 Å². The standard InChI is InChI=1S/C22H18ClF2N3O4/c23-15-4-2-14(3-5-15)22(24,25)21(32)26-10-12-1-6-16-13(9-12)11-28(20(16)31)17-7-8-18(29)27-19(17)30/h1-6,9,17H,7-8,10-11H2,(H,26,32)(H,27,29,30)/i6D/hD. The fraction of sp³-hybridized carbons (Fsp3) is 0.273. The van der Waals surface area contributed by atoms with Crippen molar-refractivity contribution in [3.63, 3.8) is 0 Å². The minimum atomic E-state index is -3.97. The number of alkyl halides is 2. The predicted octanol–water partition coefficient (Wildman–Crippen LogP) is 2.51. The Kier molecular flexibility index (Phi) is 5.03. The molecule has 0 aromatic heterocycles. The van der Waals surface area contributed by atoms with Crippen LogP contribution in [0.5, 0.6) is 0 Å². The molecule has 2 N–H and O–H groups in total. The molecule has 2 aromatic carbocycles. The number of nitrogens with zero attached hydrogens (tertiary/aromatic N) is 1. The molecular formula is C22H18ClF2N3O4. The number of carbonyl (C=O) groups excluding carboxylic acids is 4. The first kappa shape index (κ1) is 19.4. The maximum absolute atomic E-state index is 14.6. The predicted molar refractivity (Wildman–Crippen MR) is 110 cm³/mol. The van der Waals surface area contributed by atoms with Crippen molar-refractivity contribution < 1.29 is 30.7 Å². The average Bonchev–Trinajstić information content (AvgIpc) is 3.09. The van der Waals surface area contributed by atoms with Crippen molar-refractivity contribution >= 4 is 35.2 Å². The molecule has 0 spiro atoms. The number of piperidine rings is 1. The van der Waals surface area contributed by atoms with E-state index < -0.39 is 47.7 Å². The number of hydrogen-bond donors (Lipinski definition) is 2. The average molecular weight is 464 g/mol. The van der Waals surface area contributed by atoms with E-state index in [9.17, 15) is 28.0 Å². The zero-order valence-electron chi connectivity index (χ0n) is 18.5. The number of nitrogens with one attached hydrogen (secondary N) is 2. The molecule has 10 heteroatoms. The lowest BCUT2D eigenvalue weighted by Crippen LogP contribution is -2.52. The van der Waals surface area contributed by atoms with Gasteiger partial charge < -0.3 is 10.2 Å². The molecule has 2 heterocycles. The van der Waals surface area contributed by atoms with Crippen molar-refractivity contribution in [3.05, 3.63) is 69.7 Å². The molecule has 7 nitrogen and oxygen atoms in total. The molecule has 166 valence electrons. The van der Waals surface area contributed by atoms with Gasteiger partial charge in [-0.05, 0) is 35.7 Å². The summed E-state index contributed by atoms with van der Waals surface area (Å²) in [6.45, 7) is -0.569. The molecule has 1 saturated heterocycles. The van der Waals surface area contributed by atoms with Crippen LogP contribution < -0.4 is 10.6 Å². The second kappa shape index (κ2) is 8.31. The van der Waals surface area contributed by atoms with E-state index in [1.165, 1.54) is 29.2 Å². The van der Waals surface area contributed by atoms with Crippen molar-refractivity contribution in [1.82, 2.24) is 15.5 Å². The molecule has 2 aliphatic heterocycles. The van der Waals surface area contributed by atoms with Gasteiger partial charge in [-0.2, -0.15) is 8.78 Å². The Bertz CT molecular complexity index is 1210. The SMILES string of the molecule is [2H]c1cc(CN([2H])C(=O)C(F)(F)c2ccc(Cl)cc2)cc2c1C(=O)N(C1CCC(=O)NC1=O)C2. The lowest BCUT2D eigenvalue weighted by Gasteiger charge is -2.29. The van der Waals surface area contributed by atoms with E-state index in [4.69, 9.17) is 14.4 Å². The monoisotopic (exact) mass is 463 g/mol. The van der Waals surface area contributed by atoms with E-state index >= 15 is 0 Å². The molecule has 32 heavy (non-hydrogen) atoms. The third-order valence-electron chi connectivity index (χ3n) is 5.37. The van der Waals surface area contributed by atoms with E-state index in [2.05, 4.69) is 5.32 Å². The van der Waals surface area contributed by atoms with E-state index in [1.807, 2.05) is 0 Å². The zero-order valence-corrected chi connectivity index (χ0v) is 17.3. The Morgan fingerprint density at radius 3 is 2.69 bits per heavy atom. The van der Waals surface area contributed by atoms with Crippen LogP contribution >= 0.6 is 11.6 Å². The van der Waals surface area contributed by atoms with Crippen LogP contribution in [0.15, 0.2) is 42.4 Å². The van der Waals surface area contributed by atoms with Gasteiger partial charge in [0.25, 0.3) is 11.8 Å². The molecule has 2 aromatic rings. The van der Waals surface area contributed by atoms with Crippen LogP contribution in [0.4, 0.5) is 8.78 Å². The minimum Gasteiger partial charge on any atom is -0.346 e. The number of amides is 4. The fourth-order valence-electron chi connectivity index (χ4n) is 3.69. The highest BCUT2D eigenvalue weighted by atomic mass is 35.5. The lowest BCUT2D eigenvalue weighted by molar-refractivity contribution is -0.147. The summed E-state index contributed by atoms with van der Waals surface area (Å²) in [4.78, 5) is 50.0. The Morgan fingerprint density at radius 1 is 1.28 bits per heavy atom. The van der Waals surface area contributed by atoms with Crippen molar-refractivity contribution in [2.75, 3.05) is 0 Å². The lowest BCUT2D eigenvalue weighted by atomic mass is 10.0. The topological polar surface area (TPSA) is 95.6 Å². The van der Waals surface area contributed by atoms with Crippen LogP contribution in [-0.4, -0.2) is 34.6 Å². The quantitative estimate of drug-likeness (QED) is 0.666. The molecule has 4 amide bonds. The summed E-state index contributed by atoms with van der Waals surface area (Å²) in [7, 11) is 0. The highest BCUT2D eigenvalue weighted by Crippen LogP contribution is 2.30. The molecule has 0 aliphatic carbocycles. The molecular weight excluding hydrogens is 444 g/mol. The van der Waals surface area contributed by atoms with Crippen LogP contribution in [0.3, 0.4) is 0 Å². The number of imide groups is 1. The number of carbonyl (C=O) groups is 4. The Hall–Kier alpha value is -3.33. The van der Waals surface area contributed by atoms with E-state index in [0.717, 1.165) is 12.1 Å². The van der Waals surface area contributed by atoms with Gasteiger partial charge in [-0.1, -0.05) is 35.9 Å². The van der Waals surface area contributed by atoms with Crippen molar-refractivity contribution in [2.45, 2.75) is 37.9 Å². The largest absolute Gasteiger partial charge is 0.349 e. The van der Waals surface area contributed by atoms with Crippen LogP contribution in [0.1, 0.15) is 41.3 Å². The molecule has 1 fully saturated rings. The third kappa shape index (κ3) is 4.08. The second-order valence-corrected chi connectivity index (χ2v) is 7.95. The first-order valence-electron chi connectivity index (χ1n) is 10.7. The third-order valence-corrected chi connectivity index (χ3v) is 5.62. The maximum atomic E-state index is 14.6. The Balaban J connectivity index is 1.52. The second-order valence-electron chi connectivity index (χ2n) is 7.51. The summed E-state index contributed by atoms with van der Waals surface area (Å²) < 4.78 is 45.3. The molecule has 0 bridgehead atoms. The van der Waals surface area contributed by atoms with E-state index in [0.29, 0.717) is 5.56 Å². The molecule has 0 radical (unpaired) electrons. The molecule has 1 unspecified atom stereocenters. The highest BCUT2D eigenvalue weighted by molar-refractivity contribution is 6.30. The van der Waals surface area contributed by atoms with Crippen LogP contribution in [-0.2, 0) is 33.4 Å². The van der Waals surface area contributed by atoms with Gasteiger partial charge in [-0.25, -0.2) is 0 Å². The van der Waals surface area contributed by atoms with Gasteiger partial charge >= 0.3 is 5.92 Å². The Labute approximate surface area is 189 Å². The van der Waals surface area contributed by atoms with Gasteiger partial charge in [0.15, 0.2) is 1.41 Å². The van der Waals surface area contributed by atoms with Crippen molar-refractivity contribution in [1.29, 1.82) is 0 Å². The molecule has 0 saturated carbocycles. The number of rotatable bonds is 5. The number of benzene rings is 2. The summed E-state index contributed by atoms with van der Waals surface area (Å²) in [5.74, 6) is -7.30. The van der Waals surface area contributed by atoms with Crippen molar-refractivity contribution in [3.8, 4) is 0 Å².